The molecule has 5 aromatic carbocycles. The number of carboxylic acids is 1. The summed E-state index contributed by atoms with van der Waals surface area (Å²) < 4.78 is 19.3. The summed E-state index contributed by atoms with van der Waals surface area (Å²) in [6.45, 7) is 4.56. The molecule has 0 radical (unpaired) electrons. The van der Waals surface area contributed by atoms with Crippen LogP contribution in [-0.2, 0) is 35.2 Å². The molecule has 0 saturated carbocycles. The number of carboxylic acid groups (broad SMARTS) is 1. The monoisotopic (exact) mass is 917 g/mol. The fraction of sp³-hybridized carbons (Fsp3) is 0.288. The number of esters is 1. The third kappa shape index (κ3) is 7.76. The van der Waals surface area contributed by atoms with Gasteiger partial charge in [-0.15, -0.1) is 0 Å². The van der Waals surface area contributed by atoms with E-state index in [1.165, 1.54) is 81.0 Å². The summed E-state index contributed by atoms with van der Waals surface area (Å²) in [4.78, 5) is 42.9. The molecule has 1 aromatic heterocycles. The van der Waals surface area contributed by atoms with Gasteiger partial charge in [-0.3, -0.25) is 9.59 Å². The van der Waals surface area contributed by atoms with Gasteiger partial charge in [0.05, 0.1) is 45.4 Å². The largest absolute Gasteiger partial charge is 0.508 e. The van der Waals surface area contributed by atoms with Crippen molar-refractivity contribution in [2.24, 2.45) is 0 Å². The van der Waals surface area contributed by atoms with Crippen LogP contribution in [0.1, 0.15) is 95.1 Å². The van der Waals surface area contributed by atoms with Crippen molar-refractivity contribution in [1.29, 1.82) is 0 Å². The topological polar surface area (TPSA) is 132 Å². The van der Waals surface area contributed by atoms with Crippen molar-refractivity contribution >= 4 is 68.4 Å². The van der Waals surface area contributed by atoms with Crippen molar-refractivity contribution in [1.82, 2.24) is 0 Å². The maximum absolute atomic E-state index is 14.2. The SMILES string of the molecule is O=C(O)CCCCCOC(=O)c1cc(/C=C/c2ccc(-c3c4cc5c6c(c4[o+]c4c7c8c(cc34)CCCN8CCC7)CCCN6CCC5)cc2)ccc1-c1c2ccc(=O)cc-2oc2cc(O)ccc12. The molecule has 0 fully saturated rings. The number of carbonyl (C=O) groups is 2. The molecular formula is C59H53N2O8+. The number of anilines is 2. The number of aryl methyl sites for hydroxylation is 4. The van der Waals surface area contributed by atoms with Crippen LogP contribution in [0.4, 0.5) is 11.4 Å². The lowest BCUT2D eigenvalue weighted by Gasteiger charge is -2.36. The summed E-state index contributed by atoms with van der Waals surface area (Å²) in [7, 11) is 0. The molecule has 2 N–H and O–H groups in total. The molecular weight excluding hydrogens is 865 g/mol. The second kappa shape index (κ2) is 17.6. The van der Waals surface area contributed by atoms with E-state index in [0.717, 1.165) is 92.6 Å². The van der Waals surface area contributed by atoms with Gasteiger partial charge < -0.3 is 29.2 Å². The molecule has 5 aliphatic heterocycles. The summed E-state index contributed by atoms with van der Waals surface area (Å²) in [6.07, 6.45) is 14.6. The van der Waals surface area contributed by atoms with Crippen LogP contribution in [0.25, 0.3) is 78.6 Å². The van der Waals surface area contributed by atoms with Crippen molar-refractivity contribution in [2.75, 3.05) is 42.6 Å². The van der Waals surface area contributed by atoms with Crippen LogP contribution in [0, 0.1) is 0 Å². The zero-order valence-corrected chi connectivity index (χ0v) is 38.6. The van der Waals surface area contributed by atoms with Gasteiger partial charge in [-0.05, 0) is 146 Å². The predicted molar refractivity (Wildman–Crippen MR) is 273 cm³/mol. The molecule has 0 amide bonds. The molecule has 6 aliphatic rings. The number of unbranched alkanes of at least 4 members (excludes halogenated alkanes) is 2. The van der Waals surface area contributed by atoms with E-state index in [1.807, 2.05) is 24.3 Å². The predicted octanol–water partition coefficient (Wildman–Crippen LogP) is 12.5. The van der Waals surface area contributed by atoms with E-state index in [2.05, 4.69) is 52.3 Å². The van der Waals surface area contributed by atoms with Gasteiger partial charge in [0.1, 0.15) is 17.1 Å². The summed E-state index contributed by atoms with van der Waals surface area (Å²) in [5.41, 5.74) is 17.1. The maximum atomic E-state index is 14.2. The molecule has 0 atom stereocenters. The number of ether oxygens (including phenoxy) is 1. The average molecular weight is 918 g/mol. The number of nitrogens with zero attached hydrogens (tertiary/aromatic N) is 2. The smallest absolute Gasteiger partial charge is 0.366 e. The van der Waals surface area contributed by atoms with E-state index in [9.17, 15) is 19.5 Å². The number of aromatic hydroxyl groups is 1. The van der Waals surface area contributed by atoms with Gasteiger partial charge in [0.25, 0.3) is 0 Å². The second-order valence-corrected chi connectivity index (χ2v) is 19.3. The number of fused-ring (bicyclic) bond motifs is 6. The fourth-order valence-corrected chi connectivity index (χ4v) is 11.8. The first-order chi connectivity index (χ1) is 33.8. The summed E-state index contributed by atoms with van der Waals surface area (Å²) in [5, 5.41) is 22.5. The number of benzene rings is 6. The zero-order chi connectivity index (χ0) is 46.8. The van der Waals surface area contributed by atoms with Gasteiger partial charge >= 0.3 is 23.1 Å². The van der Waals surface area contributed by atoms with E-state index >= 15 is 0 Å². The maximum Gasteiger partial charge on any atom is 0.366 e. The molecule has 69 heavy (non-hydrogen) atoms. The Morgan fingerprint density at radius 3 is 1.97 bits per heavy atom. The Morgan fingerprint density at radius 2 is 1.29 bits per heavy atom. The summed E-state index contributed by atoms with van der Waals surface area (Å²) >= 11 is 0. The first kappa shape index (κ1) is 42.9. The molecule has 0 spiro atoms. The number of phenolic OH excluding ortho intramolecular Hbond substituents is 1. The Bertz CT molecular complexity index is 3370. The van der Waals surface area contributed by atoms with Crippen molar-refractivity contribution in [3.05, 3.63) is 140 Å². The highest BCUT2D eigenvalue weighted by Gasteiger charge is 2.37. The first-order valence-electron chi connectivity index (χ1n) is 24.7. The number of hydrogen-bond donors (Lipinski definition) is 2. The molecule has 12 rings (SSSR count). The van der Waals surface area contributed by atoms with Crippen molar-refractivity contribution in [2.45, 2.75) is 77.0 Å². The number of aliphatic carboxylic acids is 1. The van der Waals surface area contributed by atoms with Gasteiger partial charge in [-0.2, -0.15) is 0 Å². The van der Waals surface area contributed by atoms with E-state index in [0.29, 0.717) is 58.2 Å². The molecule has 6 aromatic rings. The normalized spacial score (nSPS) is 15.3. The standard InChI is InChI=1S/C59H52N2O8/c62-40-20-23-43-50(33-40)68-51-34-41(63)21-24-44(51)54(43)42-22-17-36(30-47(42)59(66)67-29-3-1-2-12-52(64)65)14-13-35-15-18-37(19-16-35)53-48-31-38-8-4-25-60-27-6-10-45(55(38)60)57(48)69-58-46-11-7-28-61-26-5-9-39(56(46)61)32-49(53)58/h13-24,30-34H,1-12,25-29H2,(H-,62,63,64,65)/p+1/b14-13+. The van der Waals surface area contributed by atoms with Crippen LogP contribution in [0.5, 0.6) is 5.75 Å². The first-order valence-corrected chi connectivity index (χ1v) is 24.7. The number of carbonyl (C=O) groups excluding carboxylic acids is 1. The quantitative estimate of drug-likeness (QED) is 0.0425. The number of hydrogen-bond acceptors (Lipinski definition) is 8. The van der Waals surface area contributed by atoms with E-state index < -0.39 is 11.9 Å². The Morgan fingerprint density at radius 1 is 0.652 bits per heavy atom. The van der Waals surface area contributed by atoms with Gasteiger partial charge in [0.2, 0.25) is 0 Å². The lowest BCUT2D eigenvalue weighted by molar-refractivity contribution is -0.137. The minimum atomic E-state index is -0.851. The van der Waals surface area contributed by atoms with Gasteiger partial charge in [-0.1, -0.05) is 48.6 Å². The van der Waals surface area contributed by atoms with Crippen LogP contribution in [0.2, 0.25) is 0 Å². The van der Waals surface area contributed by atoms with Gasteiger partial charge in [-0.25, -0.2) is 9.21 Å². The molecule has 0 unspecified atom stereocenters. The van der Waals surface area contributed by atoms with Crippen LogP contribution in [-0.4, -0.2) is 54.9 Å². The summed E-state index contributed by atoms with van der Waals surface area (Å²) in [6, 6.07) is 28.8. The molecule has 0 bridgehead atoms. The molecule has 6 heterocycles. The van der Waals surface area contributed by atoms with Gasteiger partial charge in [0.15, 0.2) is 5.43 Å². The zero-order valence-electron chi connectivity index (χ0n) is 38.6. The average Bonchev–Trinajstić information content (AvgIpc) is 3.36. The fourth-order valence-electron chi connectivity index (χ4n) is 11.8. The Labute approximate surface area is 399 Å². The molecule has 0 saturated heterocycles. The van der Waals surface area contributed by atoms with Crippen LogP contribution in [0.3, 0.4) is 0 Å². The van der Waals surface area contributed by atoms with Gasteiger partial charge in [0, 0.05) is 66.8 Å². The van der Waals surface area contributed by atoms with Crippen molar-refractivity contribution in [3.8, 4) is 39.3 Å². The molecule has 1 aliphatic carbocycles. The number of phenols is 1. The Hall–Kier alpha value is -7.46. The number of rotatable bonds is 11. The molecule has 10 heteroatoms. The Kier molecular flexibility index (Phi) is 10.9. The minimum Gasteiger partial charge on any atom is -0.508 e. The van der Waals surface area contributed by atoms with E-state index in [4.69, 9.17) is 18.7 Å². The lowest BCUT2D eigenvalue weighted by atomic mass is 9.84. The third-order valence-corrected chi connectivity index (χ3v) is 14.8. The van der Waals surface area contributed by atoms with E-state index in [-0.39, 0.29) is 24.2 Å². The van der Waals surface area contributed by atoms with E-state index in [1.54, 1.807) is 18.2 Å². The highest BCUT2D eigenvalue weighted by molar-refractivity contribution is 6.12. The van der Waals surface area contributed by atoms with Crippen LogP contribution < -0.4 is 15.2 Å². The summed E-state index contributed by atoms with van der Waals surface area (Å²) in [5.74, 6) is -1.04. The molecule has 10 nitrogen and oxygen atoms in total. The van der Waals surface area contributed by atoms with Crippen LogP contribution in [0.15, 0.2) is 105 Å². The Balaban J connectivity index is 0.935. The highest BCUT2D eigenvalue weighted by atomic mass is 16.5. The van der Waals surface area contributed by atoms with Crippen molar-refractivity contribution < 1.29 is 33.4 Å². The molecule has 346 valence electrons. The second-order valence-electron chi connectivity index (χ2n) is 19.3. The van der Waals surface area contributed by atoms with Crippen molar-refractivity contribution in [3.63, 3.8) is 0 Å². The third-order valence-electron chi connectivity index (χ3n) is 14.8. The minimum absolute atomic E-state index is 0.00550. The lowest BCUT2D eigenvalue weighted by Crippen LogP contribution is -2.34. The van der Waals surface area contributed by atoms with Crippen LogP contribution >= 0.6 is 0 Å². The highest BCUT2D eigenvalue weighted by Crippen LogP contribution is 2.49.